The molecule has 2 aromatic rings. The van der Waals surface area contributed by atoms with Crippen molar-refractivity contribution in [1.29, 1.82) is 0 Å². The van der Waals surface area contributed by atoms with E-state index in [0.29, 0.717) is 5.92 Å². The van der Waals surface area contributed by atoms with Crippen LogP contribution in [0.1, 0.15) is 50.3 Å². The molecule has 21 heavy (non-hydrogen) atoms. The van der Waals surface area contributed by atoms with E-state index in [2.05, 4.69) is 26.0 Å². The van der Waals surface area contributed by atoms with Crippen LogP contribution in [0.2, 0.25) is 0 Å². The van der Waals surface area contributed by atoms with Crippen LogP contribution >= 0.6 is 0 Å². The molecule has 0 aliphatic carbocycles. The number of para-hydroxylation sites is 1. The third-order valence-electron chi connectivity index (χ3n) is 3.67. The molecule has 0 amide bonds. The minimum absolute atomic E-state index is 0.392. The first-order chi connectivity index (χ1) is 9.92. The molecule has 2 rings (SSSR count). The molecule has 2 nitrogen and oxygen atoms in total. The van der Waals surface area contributed by atoms with Crippen LogP contribution in [0, 0.1) is 6.92 Å². The zero-order valence-electron chi connectivity index (χ0n) is 13.5. The zero-order chi connectivity index (χ0) is 15.5. The lowest BCUT2D eigenvalue weighted by atomic mass is 9.99. The maximum Gasteiger partial charge on any atom is 0.171 e. The molecule has 0 saturated heterocycles. The van der Waals surface area contributed by atoms with E-state index in [0.717, 1.165) is 16.9 Å². The number of aryl methyl sites for hydroxylation is 1. The molecule has 2 heteroatoms. The van der Waals surface area contributed by atoms with E-state index in [4.69, 9.17) is 9.78 Å². The SMILES string of the molecule is Cc1cccc(C(C)C)c1OOC(C)(C)c1ccccc1. The fourth-order valence-electron chi connectivity index (χ4n) is 2.28. The average Bonchev–Trinajstić information content (AvgIpc) is 2.46. The highest BCUT2D eigenvalue weighted by molar-refractivity contribution is 5.42. The maximum atomic E-state index is 5.77. The van der Waals surface area contributed by atoms with Gasteiger partial charge in [0.1, 0.15) is 5.60 Å². The summed E-state index contributed by atoms with van der Waals surface area (Å²) in [5, 5.41) is 0. The molecule has 0 bridgehead atoms. The van der Waals surface area contributed by atoms with Crippen LogP contribution in [0.15, 0.2) is 48.5 Å². The lowest BCUT2D eigenvalue weighted by molar-refractivity contribution is -0.287. The highest BCUT2D eigenvalue weighted by Gasteiger charge is 2.24. The normalized spacial score (nSPS) is 11.7. The standard InChI is InChI=1S/C19H24O2/c1-14(2)17-13-9-10-15(3)18(17)20-21-19(4,5)16-11-7-6-8-12-16/h6-14H,1-5H3. The summed E-state index contributed by atoms with van der Waals surface area (Å²) in [6.45, 7) is 10.4. The summed E-state index contributed by atoms with van der Waals surface area (Å²) in [5.74, 6) is 1.22. The zero-order valence-corrected chi connectivity index (χ0v) is 13.5. The van der Waals surface area contributed by atoms with Crippen molar-refractivity contribution in [3.05, 3.63) is 65.2 Å². The third-order valence-corrected chi connectivity index (χ3v) is 3.67. The average molecular weight is 284 g/mol. The van der Waals surface area contributed by atoms with Crippen LogP contribution in [-0.2, 0) is 10.5 Å². The van der Waals surface area contributed by atoms with Crippen molar-refractivity contribution in [2.75, 3.05) is 0 Å². The number of hydrogen-bond donors (Lipinski definition) is 0. The van der Waals surface area contributed by atoms with Gasteiger partial charge in [-0.1, -0.05) is 62.4 Å². The molecule has 0 aliphatic rings. The molecule has 0 spiro atoms. The van der Waals surface area contributed by atoms with Crippen LogP contribution in [0.5, 0.6) is 5.75 Å². The number of rotatable bonds is 5. The van der Waals surface area contributed by atoms with Gasteiger partial charge in [0, 0.05) is 5.56 Å². The van der Waals surface area contributed by atoms with Crippen LogP contribution in [-0.4, -0.2) is 0 Å². The molecule has 0 N–H and O–H groups in total. The Labute approximate surface area is 127 Å². The van der Waals surface area contributed by atoms with E-state index in [1.807, 2.05) is 57.2 Å². The van der Waals surface area contributed by atoms with Gasteiger partial charge in [-0.2, -0.15) is 4.89 Å². The second-order valence-corrected chi connectivity index (χ2v) is 6.19. The fraction of sp³-hybridized carbons (Fsp3) is 0.368. The molecule has 0 unspecified atom stereocenters. The molecular formula is C19H24O2. The minimum Gasteiger partial charge on any atom is -0.336 e. The van der Waals surface area contributed by atoms with Gasteiger partial charge in [-0.3, -0.25) is 0 Å². The van der Waals surface area contributed by atoms with Crippen molar-refractivity contribution >= 4 is 0 Å². The number of hydrogen-bond acceptors (Lipinski definition) is 2. The lowest BCUT2D eigenvalue weighted by Gasteiger charge is -2.25. The topological polar surface area (TPSA) is 18.5 Å². The molecule has 0 fully saturated rings. The maximum absolute atomic E-state index is 5.77. The molecule has 112 valence electrons. The monoisotopic (exact) mass is 284 g/mol. The van der Waals surface area contributed by atoms with Gasteiger partial charge in [-0.25, -0.2) is 0 Å². The van der Waals surface area contributed by atoms with Gasteiger partial charge in [0.2, 0.25) is 0 Å². The summed E-state index contributed by atoms with van der Waals surface area (Å²) >= 11 is 0. The Kier molecular flexibility index (Phi) is 4.69. The summed E-state index contributed by atoms with van der Waals surface area (Å²) in [6, 6.07) is 16.3. The van der Waals surface area contributed by atoms with Crippen molar-refractivity contribution in [1.82, 2.24) is 0 Å². The van der Waals surface area contributed by atoms with E-state index < -0.39 is 5.60 Å². The van der Waals surface area contributed by atoms with Gasteiger partial charge >= 0.3 is 0 Å². The van der Waals surface area contributed by atoms with E-state index in [1.165, 1.54) is 5.56 Å². The van der Waals surface area contributed by atoms with Crippen LogP contribution in [0.25, 0.3) is 0 Å². The summed E-state index contributed by atoms with van der Waals surface area (Å²) < 4.78 is 0. The lowest BCUT2D eigenvalue weighted by Crippen LogP contribution is -2.24. The molecule has 0 aromatic heterocycles. The minimum atomic E-state index is -0.502. The van der Waals surface area contributed by atoms with Crippen molar-refractivity contribution < 1.29 is 9.78 Å². The molecular weight excluding hydrogens is 260 g/mol. The van der Waals surface area contributed by atoms with Crippen molar-refractivity contribution in [3.63, 3.8) is 0 Å². The quantitative estimate of drug-likeness (QED) is 0.543. The second kappa shape index (κ2) is 6.31. The van der Waals surface area contributed by atoms with Gasteiger partial charge in [-0.05, 0) is 37.8 Å². The largest absolute Gasteiger partial charge is 0.336 e. The predicted molar refractivity (Wildman–Crippen MR) is 86.4 cm³/mol. The van der Waals surface area contributed by atoms with Crippen molar-refractivity contribution in [3.8, 4) is 5.75 Å². The smallest absolute Gasteiger partial charge is 0.171 e. The Morgan fingerprint density at radius 3 is 2.19 bits per heavy atom. The molecule has 0 atom stereocenters. The molecule has 0 heterocycles. The Hall–Kier alpha value is -1.80. The van der Waals surface area contributed by atoms with Crippen LogP contribution in [0.4, 0.5) is 0 Å². The number of benzene rings is 2. The first kappa shape index (κ1) is 15.6. The molecule has 0 saturated carbocycles. The van der Waals surface area contributed by atoms with Crippen LogP contribution < -0.4 is 4.89 Å². The summed E-state index contributed by atoms with van der Waals surface area (Å²) in [4.78, 5) is 11.5. The Balaban J connectivity index is 2.20. The fourth-order valence-corrected chi connectivity index (χ4v) is 2.28. The highest BCUT2D eigenvalue weighted by Crippen LogP contribution is 2.32. The van der Waals surface area contributed by atoms with Gasteiger partial charge in [0.15, 0.2) is 5.75 Å². The molecule has 0 aliphatic heterocycles. The first-order valence-electron chi connectivity index (χ1n) is 7.42. The van der Waals surface area contributed by atoms with Crippen LogP contribution in [0.3, 0.4) is 0 Å². The second-order valence-electron chi connectivity index (χ2n) is 6.19. The van der Waals surface area contributed by atoms with E-state index in [1.54, 1.807) is 0 Å². The Morgan fingerprint density at radius 1 is 0.905 bits per heavy atom. The van der Waals surface area contributed by atoms with E-state index in [9.17, 15) is 0 Å². The van der Waals surface area contributed by atoms with Gasteiger partial charge in [0.25, 0.3) is 0 Å². The van der Waals surface area contributed by atoms with Gasteiger partial charge < -0.3 is 4.89 Å². The summed E-state index contributed by atoms with van der Waals surface area (Å²) in [7, 11) is 0. The van der Waals surface area contributed by atoms with E-state index in [-0.39, 0.29) is 0 Å². The van der Waals surface area contributed by atoms with E-state index >= 15 is 0 Å². The first-order valence-corrected chi connectivity index (χ1v) is 7.42. The van der Waals surface area contributed by atoms with Gasteiger partial charge in [-0.15, -0.1) is 0 Å². The Bertz CT molecular complexity index is 586. The summed E-state index contributed by atoms with van der Waals surface area (Å²) in [6.07, 6.45) is 0. The van der Waals surface area contributed by atoms with Crippen molar-refractivity contribution in [2.45, 2.75) is 46.1 Å². The predicted octanol–water partition coefficient (Wildman–Crippen LogP) is 5.36. The molecule has 0 radical (unpaired) electrons. The third kappa shape index (κ3) is 3.64. The summed E-state index contributed by atoms with van der Waals surface area (Å²) in [5.41, 5.74) is 2.84. The molecule has 2 aromatic carbocycles. The Morgan fingerprint density at radius 2 is 1.57 bits per heavy atom. The van der Waals surface area contributed by atoms with Crippen molar-refractivity contribution in [2.24, 2.45) is 0 Å². The van der Waals surface area contributed by atoms with Gasteiger partial charge in [0.05, 0.1) is 0 Å². The highest BCUT2D eigenvalue weighted by atomic mass is 17.2.